The van der Waals surface area contributed by atoms with Crippen molar-refractivity contribution in [2.24, 2.45) is 0 Å². The first kappa shape index (κ1) is 9.55. The zero-order valence-corrected chi connectivity index (χ0v) is 9.33. The molecule has 1 aromatic heterocycles. The number of nitrogens with zero attached hydrogens (tertiary/aromatic N) is 2. The third kappa shape index (κ3) is 1.63. The van der Waals surface area contributed by atoms with Gasteiger partial charge in [0.05, 0.1) is 16.4 Å². The molecule has 0 atom stereocenters. The van der Waals surface area contributed by atoms with E-state index in [9.17, 15) is 5.11 Å². The number of hydrogen-bond acceptors (Lipinski definition) is 2. The third-order valence-corrected chi connectivity index (χ3v) is 2.92. The Morgan fingerprint density at radius 2 is 2.21 bits per heavy atom. The van der Waals surface area contributed by atoms with E-state index in [-0.39, 0.29) is 5.75 Å². The van der Waals surface area contributed by atoms with Gasteiger partial charge < -0.3 is 5.11 Å². The van der Waals surface area contributed by atoms with Crippen molar-refractivity contribution in [2.45, 2.75) is 0 Å². The summed E-state index contributed by atoms with van der Waals surface area (Å²) in [7, 11) is 0. The Labute approximate surface area is 94.1 Å². The fourth-order valence-corrected chi connectivity index (χ4v) is 1.57. The van der Waals surface area contributed by atoms with Gasteiger partial charge in [-0.25, -0.2) is 4.68 Å². The van der Waals surface area contributed by atoms with Crippen molar-refractivity contribution in [1.82, 2.24) is 9.78 Å². The molecule has 0 radical (unpaired) electrons. The standard InChI is InChI=1S/C9H6BrClN2O/c10-8-5-12-13(9(8)11)6-2-1-3-7(14)4-6/h1-5,14H. The van der Waals surface area contributed by atoms with Crippen LogP contribution in [0.5, 0.6) is 5.75 Å². The highest BCUT2D eigenvalue weighted by molar-refractivity contribution is 9.10. The highest BCUT2D eigenvalue weighted by Gasteiger charge is 2.07. The van der Waals surface area contributed by atoms with Gasteiger partial charge in [0.15, 0.2) is 0 Å². The molecule has 1 N–H and O–H groups in total. The van der Waals surface area contributed by atoms with Gasteiger partial charge in [-0.2, -0.15) is 5.10 Å². The average molecular weight is 274 g/mol. The van der Waals surface area contributed by atoms with Gasteiger partial charge in [0.2, 0.25) is 0 Å². The summed E-state index contributed by atoms with van der Waals surface area (Å²) >= 11 is 9.22. The van der Waals surface area contributed by atoms with Crippen LogP contribution in [-0.4, -0.2) is 14.9 Å². The summed E-state index contributed by atoms with van der Waals surface area (Å²) in [6.07, 6.45) is 1.60. The van der Waals surface area contributed by atoms with Crippen LogP contribution >= 0.6 is 27.5 Å². The Morgan fingerprint density at radius 3 is 2.79 bits per heavy atom. The Bertz CT molecular complexity index is 470. The van der Waals surface area contributed by atoms with E-state index >= 15 is 0 Å². The van der Waals surface area contributed by atoms with E-state index in [1.807, 2.05) is 6.07 Å². The first-order valence-electron chi connectivity index (χ1n) is 3.87. The number of phenols is 1. The molecule has 2 rings (SSSR count). The fourth-order valence-electron chi connectivity index (χ4n) is 1.12. The molecule has 0 amide bonds. The minimum absolute atomic E-state index is 0.185. The number of hydrogen-bond donors (Lipinski definition) is 1. The van der Waals surface area contributed by atoms with Crippen molar-refractivity contribution >= 4 is 27.5 Å². The second-order valence-corrected chi connectivity index (χ2v) is 3.93. The summed E-state index contributed by atoms with van der Waals surface area (Å²) in [6, 6.07) is 6.73. The second kappa shape index (κ2) is 3.63. The highest BCUT2D eigenvalue weighted by atomic mass is 79.9. The molecule has 0 saturated heterocycles. The van der Waals surface area contributed by atoms with Crippen LogP contribution in [0.1, 0.15) is 0 Å². The molecule has 2 aromatic rings. The molecule has 14 heavy (non-hydrogen) atoms. The van der Waals surface area contributed by atoms with Crippen LogP contribution in [0.3, 0.4) is 0 Å². The molecule has 1 heterocycles. The smallest absolute Gasteiger partial charge is 0.147 e. The lowest BCUT2D eigenvalue weighted by atomic mass is 10.3. The Hall–Kier alpha value is -1.000. The van der Waals surface area contributed by atoms with Crippen molar-refractivity contribution in [3.63, 3.8) is 0 Å². The molecule has 5 heteroatoms. The number of aromatic hydroxyl groups is 1. The minimum atomic E-state index is 0.185. The molecule has 0 spiro atoms. The van der Waals surface area contributed by atoms with Gasteiger partial charge in [-0.1, -0.05) is 17.7 Å². The van der Waals surface area contributed by atoms with E-state index in [4.69, 9.17) is 11.6 Å². The van der Waals surface area contributed by atoms with Crippen molar-refractivity contribution in [2.75, 3.05) is 0 Å². The predicted octanol–water partition coefficient (Wildman–Crippen LogP) is 2.99. The Kier molecular flexibility index (Phi) is 2.48. The monoisotopic (exact) mass is 272 g/mol. The van der Waals surface area contributed by atoms with Gasteiger partial charge in [0.25, 0.3) is 0 Å². The van der Waals surface area contributed by atoms with E-state index in [1.165, 1.54) is 4.68 Å². The normalized spacial score (nSPS) is 10.4. The molecule has 0 aliphatic carbocycles. The lowest BCUT2D eigenvalue weighted by Gasteiger charge is -2.02. The second-order valence-electron chi connectivity index (χ2n) is 2.71. The number of aromatic nitrogens is 2. The predicted molar refractivity (Wildman–Crippen MR) is 57.9 cm³/mol. The summed E-state index contributed by atoms with van der Waals surface area (Å²) in [4.78, 5) is 0. The van der Waals surface area contributed by atoms with Crippen molar-refractivity contribution in [3.8, 4) is 11.4 Å². The summed E-state index contributed by atoms with van der Waals surface area (Å²) in [5, 5.41) is 13.8. The van der Waals surface area contributed by atoms with Gasteiger partial charge in [0.1, 0.15) is 10.9 Å². The molecule has 0 aliphatic rings. The molecule has 0 unspecified atom stereocenters. The van der Waals surface area contributed by atoms with E-state index in [0.717, 1.165) is 10.2 Å². The maximum atomic E-state index is 9.28. The average Bonchev–Trinajstić information content (AvgIpc) is 2.48. The van der Waals surface area contributed by atoms with Crippen LogP contribution in [0.25, 0.3) is 5.69 Å². The molecule has 0 fully saturated rings. The van der Waals surface area contributed by atoms with Crippen LogP contribution in [0.4, 0.5) is 0 Å². The van der Waals surface area contributed by atoms with Crippen molar-refractivity contribution in [1.29, 1.82) is 0 Å². The SMILES string of the molecule is Oc1cccc(-n2ncc(Br)c2Cl)c1. The van der Waals surface area contributed by atoms with E-state index < -0.39 is 0 Å². The zero-order chi connectivity index (χ0) is 10.1. The van der Waals surface area contributed by atoms with Crippen LogP contribution in [0, 0.1) is 0 Å². The van der Waals surface area contributed by atoms with Crippen LogP contribution in [-0.2, 0) is 0 Å². The van der Waals surface area contributed by atoms with Gasteiger partial charge >= 0.3 is 0 Å². The zero-order valence-electron chi connectivity index (χ0n) is 6.98. The summed E-state index contributed by atoms with van der Waals surface area (Å²) in [5.74, 6) is 0.185. The minimum Gasteiger partial charge on any atom is -0.508 e. The maximum absolute atomic E-state index is 9.28. The highest BCUT2D eigenvalue weighted by Crippen LogP contribution is 2.25. The van der Waals surface area contributed by atoms with E-state index in [1.54, 1.807) is 24.4 Å². The van der Waals surface area contributed by atoms with Gasteiger partial charge in [-0.05, 0) is 28.1 Å². The summed E-state index contributed by atoms with van der Waals surface area (Å²) in [5.41, 5.74) is 0.723. The molecular formula is C9H6BrClN2O. The number of benzene rings is 1. The first-order valence-corrected chi connectivity index (χ1v) is 5.04. The molecule has 3 nitrogen and oxygen atoms in total. The Morgan fingerprint density at radius 1 is 1.43 bits per heavy atom. The van der Waals surface area contributed by atoms with Gasteiger partial charge in [-0.3, -0.25) is 0 Å². The van der Waals surface area contributed by atoms with Crippen LogP contribution in [0.2, 0.25) is 5.15 Å². The van der Waals surface area contributed by atoms with Gasteiger partial charge in [0, 0.05) is 6.07 Å². The van der Waals surface area contributed by atoms with E-state index in [2.05, 4.69) is 21.0 Å². The maximum Gasteiger partial charge on any atom is 0.147 e. The van der Waals surface area contributed by atoms with Gasteiger partial charge in [-0.15, -0.1) is 0 Å². The molecular weight excluding hydrogens is 267 g/mol. The molecule has 1 aromatic carbocycles. The number of phenolic OH excluding ortho intramolecular Hbond substituents is 1. The third-order valence-electron chi connectivity index (χ3n) is 1.74. The number of halogens is 2. The Balaban J connectivity index is 2.55. The summed E-state index contributed by atoms with van der Waals surface area (Å²) < 4.78 is 2.26. The molecule has 72 valence electrons. The lowest BCUT2D eigenvalue weighted by Crippen LogP contribution is -1.95. The van der Waals surface area contributed by atoms with Crippen LogP contribution in [0.15, 0.2) is 34.9 Å². The lowest BCUT2D eigenvalue weighted by molar-refractivity contribution is 0.475. The fraction of sp³-hybridized carbons (Fsp3) is 0. The quantitative estimate of drug-likeness (QED) is 0.867. The van der Waals surface area contributed by atoms with Crippen molar-refractivity contribution in [3.05, 3.63) is 40.1 Å². The summed E-state index contributed by atoms with van der Waals surface area (Å²) in [6.45, 7) is 0. The largest absolute Gasteiger partial charge is 0.508 e. The molecule has 0 bridgehead atoms. The molecule has 0 saturated carbocycles. The number of rotatable bonds is 1. The van der Waals surface area contributed by atoms with Crippen LogP contribution < -0.4 is 0 Å². The first-order chi connectivity index (χ1) is 6.68. The molecule has 0 aliphatic heterocycles. The van der Waals surface area contributed by atoms with E-state index in [0.29, 0.717) is 5.15 Å². The topological polar surface area (TPSA) is 38.0 Å². The van der Waals surface area contributed by atoms with Crippen molar-refractivity contribution < 1.29 is 5.11 Å².